The van der Waals surface area contributed by atoms with Gasteiger partial charge in [-0.25, -0.2) is 0 Å². The second kappa shape index (κ2) is 6.31. The zero-order valence-electron chi connectivity index (χ0n) is 11.4. The number of ether oxygens (including phenoxy) is 1. The summed E-state index contributed by atoms with van der Waals surface area (Å²) < 4.78 is 7.68. The molecule has 2 atom stereocenters. The predicted octanol–water partition coefficient (Wildman–Crippen LogP) is 1.68. The number of hydrogen-bond acceptors (Lipinski definition) is 4. The van der Waals surface area contributed by atoms with Crippen molar-refractivity contribution in [2.24, 2.45) is 5.84 Å². The molecule has 2 heterocycles. The summed E-state index contributed by atoms with van der Waals surface area (Å²) in [5.74, 6) is 5.69. The van der Waals surface area contributed by atoms with E-state index in [4.69, 9.17) is 10.6 Å². The standard InChI is InChI=1S/C13H24N4O/c1-3-17-13(9-10(2)16-17)12(15-14)7-6-11-5-4-8-18-11/h9,11-12,15H,3-8,14H2,1-2H3. The zero-order chi connectivity index (χ0) is 13.0. The molecule has 3 N–H and O–H groups in total. The highest BCUT2D eigenvalue weighted by Gasteiger charge is 2.20. The number of nitrogens with two attached hydrogens (primary N) is 1. The van der Waals surface area contributed by atoms with Crippen LogP contribution in [-0.2, 0) is 11.3 Å². The van der Waals surface area contributed by atoms with E-state index in [1.54, 1.807) is 0 Å². The van der Waals surface area contributed by atoms with Crippen LogP contribution < -0.4 is 11.3 Å². The Labute approximate surface area is 109 Å². The lowest BCUT2D eigenvalue weighted by Gasteiger charge is -2.18. The highest BCUT2D eigenvalue weighted by molar-refractivity contribution is 5.13. The molecular weight excluding hydrogens is 228 g/mol. The summed E-state index contributed by atoms with van der Waals surface area (Å²) in [5.41, 5.74) is 5.14. The van der Waals surface area contributed by atoms with Crippen LogP contribution in [0.25, 0.3) is 0 Å². The Hall–Kier alpha value is -0.910. The number of aryl methyl sites for hydroxylation is 2. The van der Waals surface area contributed by atoms with Crippen LogP contribution in [0.4, 0.5) is 0 Å². The molecule has 1 saturated heterocycles. The molecular formula is C13H24N4O. The Morgan fingerprint density at radius 3 is 3.11 bits per heavy atom. The van der Waals surface area contributed by atoms with Gasteiger partial charge in [0, 0.05) is 13.2 Å². The summed E-state index contributed by atoms with van der Waals surface area (Å²) >= 11 is 0. The fourth-order valence-corrected chi connectivity index (χ4v) is 2.64. The molecule has 2 rings (SSSR count). The van der Waals surface area contributed by atoms with Crippen LogP contribution >= 0.6 is 0 Å². The van der Waals surface area contributed by atoms with Crippen molar-refractivity contribution in [2.75, 3.05) is 6.61 Å². The average Bonchev–Trinajstić information content (AvgIpc) is 2.99. The monoisotopic (exact) mass is 252 g/mol. The van der Waals surface area contributed by atoms with E-state index in [0.717, 1.165) is 31.7 Å². The molecule has 1 aromatic rings. The van der Waals surface area contributed by atoms with Gasteiger partial charge < -0.3 is 4.74 Å². The molecule has 2 unspecified atom stereocenters. The number of nitrogens with zero attached hydrogens (tertiary/aromatic N) is 2. The molecule has 0 radical (unpaired) electrons. The maximum Gasteiger partial charge on any atom is 0.0630 e. The Morgan fingerprint density at radius 1 is 1.67 bits per heavy atom. The van der Waals surface area contributed by atoms with Crippen molar-refractivity contribution in [1.29, 1.82) is 0 Å². The molecule has 1 aliphatic heterocycles. The van der Waals surface area contributed by atoms with Crippen LogP contribution in [0.5, 0.6) is 0 Å². The van der Waals surface area contributed by atoms with E-state index in [1.165, 1.54) is 18.5 Å². The number of hydrogen-bond donors (Lipinski definition) is 2. The number of aromatic nitrogens is 2. The van der Waals surface area contributed by atoms with Crippen molar-refractivity contribution >= 4 is 0 Å². The zero-order valence-corrected chi connectivity index (χ0v) is 11.4. The van der Waals surface area contributed by atoms with Gasteiger partial charge in [0.2, 0.25) is 0 Å². The minimum absolute atomic E-state index is 0.162. The van der Waals surface area contributed by atoms with Crippen molar-refractivity contribution in [2.45, 2.75) is 58.2 Å². The highest BCUT2D eigenvalue weighted by Crippen LogP contribution is 2.24. The van der Waals surface area contributed by atoms with Gasteiger partial charge in [-0.1, -0.05) is 0 Å². The quantitative estimate of drug-likeness (QED) is 0.597. The van der Waals surface area contributed by atoms with E-state index in [9.17, 15) is 0 Å². The first-order valence-electron chi connectivity index (χ1n) is 6.86. The number of rotatable bonds is 6. The van der Waals surface area contributed by atoms with Crippen LogP contribution in [0.15, 0.2) is 6.07 Å². The largest absolute Gasteiger partial charge is 0.378 e. The van der Waals surface area contributed by atoms with E-state index in [-0.39, 0.29) is 6.04 Å². The van der Waals surface area contributed by atoms with E-state index in [1.807, 2.05) is 11.6 Å². The van der Waals surface area contributed by atoms with Crippen molar-refractivity contribution in [3.63, 3.8) is 0 Å². The van der Waals surface area contributed by atoms with Crippen molar-refractivity contribution in [1.82, 2.24) is 15.2 Å². The molecule has 102 valence electrons. The molecule has 0 amide bonds. The Kier molecular flexibility index (Phi) is 4.74. The number of nitrogens with one attached hydrogen (secondary N) is 1. The summed E-state index contributed by atoms with van der Waals surface area (Å²) in [6, 6.07) is 2.28. The Balaban J connectivity index is 1.97. The minimum atomic E-state index is 0.162. The third-order valence-corrected chi connectivity index (χ3v) is 3.59. The Morgan fingerprint density at radius 2 is 2.50 bits per heavy atom. The fourth-order valence-electron chi connectivity index (χ4n) is 2.64. The van der Waals surface area contributed by atoms with Crippen LogP contribution in [0.2, 0.25) is 0 Å². The molecule has 0 spiro atoms. The lowest BCUT2D eigenvalue weighted by atomic mass is 10.0. The third kappa shape index (κ3) is 3.10. The Bertz CT molecular complexity index is 371. The van der Waals surface area contributed by atoms with Gasteiger partial charge in [0.05, 0.1) is 23.5 Å². The van der Waals surface area contributed by atoms with E-state index in [2.05, 4.69) is 23.5 Å². The molecule has 5 heteroatoms. The van der Waals surface area contributed by atoms with Crippen molar-refractivity contribution in [3.8, 4) is 0 Å². The van der Waals surface area contributed by atoms with Crippen LogP contribution in [0.1, 0.15) is 50.0 Å². The van der Waals surface area contributed by atoms with Gasteiger partial charge in [0.1, 0.15) is 0 Å². The van der Waals surface area contributed by atoms with E-state index < -0.39 is 0 Å². The van der Waals surface area contributed by atoms with Crippen molar-refractivity contribution in [3.05, 3.63) is 17.5 Å². The van der Waals surface area contributed by atoms with Crippen LogP contribution in [-0.4, -0.2) is 22.5 Å². The summed E-state index contributed by atoms with van der Waals surface area (Å²) in [5, 5.41) is 4.47. The summed E-state index contributed by atoms with van der Waals surface area (Å²) in [6.45, 7) is 5.91. The maximum atomic E-state index is 5.69. The van der Waals surface area contributed by atoms with Gasteiger partial charge in [-0.05, 0) is 45.6 Å². The molecule has 0 aromatic carbocycles. The lowest BCUT2D eigenvalue weighted by Crippen LogP contribution is -2.30. The molecule has 5 nitrogen and oxygen atoms in total. The normalized spacial score (nSPS) is 21.4. The van der Waals surface area contributed by atoms with E-state index in [0.29, 0.717) is 6.10 Å². The maximum absolute atomic E-state index is 5.69. The van der Waals surface area contributed by atoms with Gasteiger partial charge in [-0.2, -0.15) is 5.10 Å². The molecule has 0 aliphatic carbocycles. The molecule has 0 saturated carbocycles. The first-order valence-corrected chi connectivity index (χ1v) is 6.86. The van der Waals surface area contributed by atoms with Gasteiger partial charge in [-0.3, -0.25) is 16.0 Å². The van der Waals surface area contributed by atoms with Gasteiger partial charge in [0.25, 0.3) is 0 Å². The summed E-state index contributed by atoms with van der Waals surface area (Å²) in [6.07, 6.45) is 4.84. The first kappa shape index (κ1) is 13.5. The molecule has 1 fully saturated rings. The fraction of sp³-hybridized carbons (Fsp3) is 0.769. The molecule has 1 aromatic heterocycles. The minimum Gasteiger partial charge on any atom is -0.378 e. The third-order valence-electron chi connectivity index (χ3n) is 3.59. The summed E-state index contributed by atoms with van der Waals surface area (Å²) in [7, 11) is 0. The van der Waals surface area contributed by atoms with Crippen LogP contribution in [0.3, 0.4) is 0 Å². The van der Waals surface area contributed by atoms with Gasteiger partial charge >= 0.3 is 0 Å². The molecule has 18 heavy (non-hydrogen) atoms. The molecule has 1 aliphatic rings. The van der Waals surface area contributed by atoms with E-state index >= 15 is 0 Å². The average molecular weight is 252 g/mol. The second-order valence-corrected chi connectivity index (χ2v) is 4.96. The van der Waals surface area contributed by atoms with Crippen LogP contribution in [0, 0.1) is 6.92 Å². The predicted molar refractivity (Wildman–Crippen MR) is 70.9 cm³/mol. The van der Waals surface area contributed by atoms with Crippen molar-refractivity contribution < 1.29 is 4.74 Å². The smallest absolute Gasteiger partial charge is 0.0630 e. The number of hydrazine groups is 1. The summed E-state index contributed by atoms with van der Waals surface area (Å²) in [4.78, 5) is 0. The molecule has 0 bridgehead atoms. The topological polar surface area (TPSA) is 65.1 Å². The van der Waals surface area contributed by atoms with Gasteiger partial charge in [0.15, 0.2) is 0 Å². The SMILES string of the molecule is CCn1nc(C)cc1C(CCC1CCCO1)NN. The first-order chi connectivity index (χ1) is 8.74. The highest BCUT2D eigenvalue weighted by atomic mass is 16.5. The lowest BCUT2D eigenvalue weighted by molar-refractivity contribution is 0.0993. The second-order valence-electron chi connectivity index (χ2n) is 4.96. The van der Waals surface area contributed by atoms with Gasteiger partial charge in [-0.15, -0.1) is 0 Å².